The van der Waals surface area contributed by atoms with E-state index in [1.807, 2.05) is 5.32 Å². The number of carbonyl (C=O) groups excluding carboxylic acids is 1. The minimum Gasteiger partial charge on any atom is -0.444 e. The van der Waals surface area contributed by atoms with Gasteiger partial charge >= 0.3 is 6.09 Å². The van der Waals surface area contributed by atoms with E-state index >= 15 is 0 Å². The molecule has 1 saturated heterocycles. The summed E-state index contributed by atoms with van der Waals surface area (Å²) in [6.07, 6.45) is -3.76. The van der Waals surface area contributed by atoms with Crippen LogP contribution in [0.25, 0.3) is 0 Å². The predicted molar refractivity (Wildman–Crippen MR) is 61.2 cm³/mol. The van der Waals surface area contributed by atoms with Crippen LogP contribution in [0.5, 0.6) is 0 Å². The molecule has 104 valence electrons. The topological polar surface area (TPSA) is 59.6 Å². The first-order valence-corrected chi connectivity index (χ1v) is 5.67. The lowest BCUT2D eigenvalue weighted by molar-refractivity contribution is 0.0334. The lowest BCUT2D eigenvalue weighted by atomic mass is 10.2. The summed E-state index contributed by atoms with van der Waals surface area (Å²) < 4.78 is 35.6. The normalized spacial score (nSPS) is 20.2. The first kappa shape index (κ1) is 14.8. The maximum atomic E-state index is 12.8. The SMILES string of the molecule is CC(C)(C)OC(=O)NC(=C(F)F)C1CNCCO1. The van der Waals surface area contributed by atoms with Crippen LogP contribution in [0.2, 0.25) is 0 Å². The molecule has 1 fully saturated rings. The molecule has 0 bridgehead atoms. The Morgan fingerprint density at radius 3 is 2.56 bits per heavy atom. The maximum absolute atomic E-state index is 12.8. The Hall–Kier alpha value is -1.21. The molecule has 1 heterocycles. The quantitative estimate of drug-likeness (QED) is 0.795. The van der Waals surface area contributed by atoms with Crippen molar-refractivity contribution >= 4 is 6.09 Å². The fraction of sp³-hybridized carbons (Fsp3) is 0.727. The van der Waals surface area contributed by atoms with E-state index in [-0.39, 0.29) is 6.54 Å². The molecule has 1 rings (SSSR count). The predicted octanol–water partition coefficient (Wildman–Crippen LogP) is 1.61. The standard InChI is InChI=1S/C11H18F2N2O3/c1-11(2,3)18-10(16)15-8(9(12)13)7-6-14-4-5-17-7/h7,14H,4-6H2,1-3H3,(H,15,16). The zero-order valence-corrected chi connectivity index (χ0v) is 10.7. The van der Waals surface area contributed by atoms with Gasteiger partial charge in [0.15, 0.2) is 0 Å². The minimum absolute atomic E-state index is 0.225. The van der Waals surface area contributed by atoms with Crippen LogP contribution in [0.15, 0.2) is 11.8 Å². The van der Waals surface area contributed by atoms with Crippen LogP contribution in [0.1, 0.15) is 20.8 Å². The van der Waals surface area contributed by atoms with Crippen molar-refractivity contribution in [2.45, 2.75) is 32.5 Å². The van der Waals surface area contributed by atoms with Gasteiger partial charge in [-0.05, 0) is 20.8 Å². The number of hydrogen-bond donors (Lipinski definition) is 2. The highest BCUT2D eigenvalue weighted by Crippen LogP contribution is 2.15. The molecule has 0 saturated carbocycles. The maximum Gasteiger partial charge on any atom is 0.412 e. The molecule has 5 nitrogen and oxygen atoms in total. The van der Waals surface area contributed by atoms with Crippen molar-refractivity contribution in [2.24, 2.45) is 0 Å². The molecule has 0 aromatic heterocycles. The summed E-state index contributed by atoms with van der Waals surface area (Å²) in [7, 11) is 0. The Kier molecular flexibility index (Phi) is 5.03. The first-order chi connectivity index (χ1) is 8.29. The summed E-state index contributed by atoms with van der Waals surface area (Å²) in [5.41, 5.74) is -1.29. The van der Waals surface area contributed by atoms with Gasteiger partial charge in [-0.3, -0.25) is 5.32 Å². The monoisotopic (exact) mass is 264 g/mol. The number of rotatable bonds is 2. The van der Waals surface area contributed by atoms with E-state index < -0.39 is 29.6 Å². The van der Waals surface area contributed by atoms with E-state index in [2.05, 4.69) is 5.32 Å². The molecule has 7 heteroatoms. The second kappa shape index (κ2) is 6.10. The molecular weight excluding hydrogens is 246 g/mol. The zero-order valence-electron chi connectivity index (χ0n) is 10.7. The lowest BCUT2D eigenvalue weighted by Crippen LogP contribution is -2.45. The number of amides is 1. The highest BCUT2D eigenvalue weighted by molar-refractivity contribution is 5.70. The van der Waals surface area contributed by atoms with Crippen molar-refractivity contribution < 1.29 is 23.0 Å². The molecule has 0 aromatic rings. The fourth-order valence-corrected chi connectivity index (χ4v) is 1.41. The lowest BCUT2D eigenvalue weighted by Gasteiger charge is -2.26. The van der Waals surface area contributed by atoms with Crippen LogP contribution in [0.3, 0.4) is 0 Å². The summed E-state index contributed by atoms with van der Waals surface area (Å²) in [6.45, 7) is 6.10. The van der Waals surface area contributed by atoms with Crippen LogP contribution in [0.4, 0.5) is 13.6 Å². The van der Waals surface area contributed by atoms with Crippen LogP contribution in [-0.4, -0.2) is 37.5 Å². The van der Waals surface area contributed by atoms with E-state index in [0.717, 1.165) is 0 Å². The van der Waals surface area contributed by atoms with Gasteiger partial charge in [-0.15, -0.1) is 0 Å². The van der Waals surface area contributed by atoms with Crippen molar-refractivity contribution in [3.05, 3.63) is 11.8 Å². The van der Waals surface area contributed by atoms with Gasteiger partial charge in [0.25, 0.3) is 6.08 Å². The molecule has 1 aliphatic rings. The molecule has 1 unspecified atom stereocenters. The average Bonchev–Trinajstić information content (AvgIpc) is 2.24. The third-order valence-corrected chi connectivity index (χ3v) is 2.09. The summed E-state index contributed by atoms with van der Waals surface area (Å²) >= 11 is 0. The molecule has 2 N–H and O–H groups in total. The largest absolute Gasteiger partial charge is 0.444 e. The van der Waals surface area contributed by atoms with Gasteiger partial charge in [0, 0.05) is 13.1 Å². The summed E-state index contributed by atoms with van der Waals surface area (Å²) in [5.74, 6) is 0. The third kappa shape index (κ3) is 4.97. The Bertz CT molecular complexity index is 330. The Labute approximate surface area is 105 Å². The first-order valence-electron chi connectivity index (χ1n) is 5.67. The zero-order chi connectivity index (χ0) is 13.8. The van der Waals surface area contributed by atoms with E-state index in [9.17, 15) is 13.6 Å². The smallest absolute Gasteiger partial charge is 0.412 e. The van der Waals surface area contributed by atoms with Crippen LogP contribution in [0, 0.1) is 0 Å². The molecule has 0 spiro atoms. The summed E-state index contributed by atoms with van der Waals surface area (Å²) in [6, 6.07) is 0. The Balaban J connectivity index is 2.64. The van der Waals surface area contributed by atoms with Crippen molar-refractivity contribution in [1.29, 1.82) is 0 Å². The van der Waals surface area contributed by atoms with Crippen molar-refractivity contribution in [3.63, 3.8) is 0 Å². The van der Waals surface area contributed by atoms with Gasteiger partial charge in [-0.2, -0.15) is 8.78 Å². The average molecular weight is 264 g/mol. The van der Waals surface area contributed by atoms with E-state index in [0.29, 0.717) is 13.2 Å². The second-order valence-corrected chi connectivity index (χ2v) is 4.86. The van der Waals surface area contributed by atoms with Crippen molar-refractivity contribution in [3.8, 4) is 0 Å². The van der Waals surface area contributed by atoms with Crippen LogP contribution >= 0.6 is 0 Å². The third-order valence-electron chi connectivity index (χ3n) is 2.09. The molecule has 0 radical (unpaired) electrons. The van der Waals surface area contributed by atoms with Gasteiger partial charge in [0.05, 0.1) is 6.61 Å². The number of hydrogen-bond acceptors (Lipinski definition) is 4. The van der Waals surface area contributed by atoms with Gasteiger partial charge < -0.3 is 14.8 Å². The number of carbonyl (C=O) groups is 1. The molecular formula is C11H18F2N2O3. The highest BCUT2D eigenvalue weighted by atomic mass is 19.3. The molecule has 1 atom stereocenters. The highest BCUT2D eigenvalue weighted by Gasteiger charge is 2.26. The Morgan fingerprint density at radius 1 is 1.44 bits per heavy atom. The molecule has 0 aromatic carbocycles. The number of morpholine rings is 1. The summed E-state index contributed by atoms with van der Waals surface area (Å²) in [5, 5.41) is 4.95. The number of alkyl carbamates (subject to hydrolysis) is 1. The molecule has 1 aliphatic heterocycles. The number of halogens is 2. The van der Waals surface area contributed by atoms with Gasteiger partial charge in [-0.25, -0.2) is 4.79 Å². The van der Waals surface area contributed by atoms with Gasteiger partial charge in [-0.1, -0.05) is 0 Å². The number of ether oxygens (including phenoxy) is 2. The number of nitrogens with one attached hydrogen (secondary N) is 2. The van der Waals surface area contributed by atoms with Crippen molar-refractivity contribution in [1.82, 2.24) is 10.6 Å². The van der Waals surface area contributed by atoms with E-state index in [4.69, 9.17) is 9.47 Å². The fourth-order valence-electron chi connectivity index (χ4n) is 1.41. The molecule has 0 aliphatic carbocycles. The second-order valence-electron chi connectivity index (χ2n) is 4.86. The minimum atomic E-state index is -1.98. The Morgan fingerprint density at radius 2 is 2.11 bits per heavy atom. The van der Waals surface area contributed by atoms with E-state index in [1.54, 1.807) is 20.8 Å². The van der Waals surface area contributed by atoms with Gasteiger partial charge in [0.1, 0.15) is 17.4 Å². The molecule has 1 amide bonds. The summed E-state index contributed by atoms with van der Waals surface area (Å²) in [4.78, 5) is 11.4. The van der Waals surface area contributed by atoms with Crippen LogP contribution in [-0.2, 0) is 9.47 Å². The van der Waals surface area contributed by atoms with Gasteiger partial charge in [0.2, 0.25) is 0 Å². The van der Waals surface area contributed by atoms with E-state index in [1.165, 1.54) is 0 Å². The molecule has 18 heavy (non-hydrogen) atoms. The van der Waals surface area contributed by atoms with Crippen LogP contribution < -0.4 is 10.6 Å². The van der Waals surface area contributed by atoms with Crippen molar-refractivity contribution in [2.75, 3.05) is 19.7 Å².